The average Bonchev–Trinajstić information content (AvgIpc) is 3.50. The largest absolute Gasteiger partial charge is 0.335 e. The predicted octanol–water partition coefficient (Wildman–Crippen LogP) is 12.6. The van der Waals surface area contributed by atoms with Gasteiger partial charge in [0.25, 0.3) is 0 Å². The van der Waals surface area contributed by atoms with E-state index in [0.717, 1.165) is 13.0 Å². The van der Waals surface area contributed by atoms with E-state index in [2.05, 4.69) is 98.4 Å². The van der Waals surface area contributed by atoms with Crippen LogP contribution < -0.4 is 0 Å². The van der Waals surface area contributed by atoms with Crippen LogP contribution in [-0.4, -0.2) is 9.55 Å². The van der Waals surface area contributed by atoms with Gasteiger partial charge in [0.15, 0.2) is 0 Å². The maximum absolute atomic E-state index is 5.10. The highest BCUT2D eigenvalue weighted by Crippen LogP contribution is 2.44. The Morgan fingerprint density at radius 2 is 1.09 bits per heavy atom. The lowest BCUT2D eigenvalue weighted by Gasteiger charge is -2.39. The standard InChI is InChI=1S/C41H64N2/c1-4-6-8-10-11-12-13-14-15-16-17-18-19-27-34-43-35-33-42-40(43)39(32-26-9-7-5-2)41(3,38-30-24-21-25-31-38)36-37-28-22-20-23-29-37/h20-25,28-31,33,35,39H,4-19,26-27,32,34,36H2,1-3H3. The molecule has 3 aromatic rings. The summed E-state index contributed by atoms with van der Waals surface area (Å²) >= 11 is 0. The molecular weight excluding hydrogens is 520 g/mol. The first-order chi connectivity index (χ1) is 21.2. The zero-order valence-electron chi connectivity index (χ0n) is 28.2. The van der Waals surface area contributed by atoms with E-state index in [1.807, 2.05) is 0 Å². The van der Waals surface area contributed by atoms with Gasteiger partial charge >= 0.3 is 0 Å². The van der Waals surface area contributed by atoms with Crippen molar-refractivity contribution in [3.05, 3.63) is 90.0 Å². The molecule has 2 nitrogen and oxygen atoms in total. The van der Waals surface area contributed by atoms with Crippen molar-refractivity contribution >= 4 is 0 Å². The maximum atomic E-state index is 5.10. The van der Waals surface area contributed by atoms with Crippen LogP contribution in [0, 0.1) is 0 Å². The molecular formula is C41H64N2. The Kier molecular flexibility index (Phi) is 17.5. The van der Waals surface area contributed by atoms with Crippen LogP contribution in [-0.2, 0) is 18.4 Å². The number of rotatable bonds is 25. The summed E-state index contributed by atoms with van der Waals surface area (Å²) in [6, 6.07) is 22.4. The average molecular weight is 585 g/mol. The molecule has 0 N–H and O–H groups in total. The van der Waals surface area contributed by atoms with E-state index >= 15 is 0 Å². The van der Waals surface area contributed by atoms with Crippen molar-refractivity contribution in [2.24, 2.45) is 0 Å². The first-order valence-corrected chi connectivity index (χ1v) is 18.3. The minimum absolute atomic E-state index is 0.0204. The fourth-order valence-electron chi connectivity index (χ4n) is 7.07. The van der Waals surface area contributed by atoms with Crippen LogP contribution >= 0.6 is 0 Å². The highest BCUT2D eigenvalue weighted by molar-refractivity contribution is 5.33. The summed E-state index contributed by atoms with van der Waals surface area (Å²) in [5.41, 5.74) is 2.83. The van der Waals surface area contributed by atoms with E-state index in [0.29, 0.717) is 5.92 Å². The highest BCUT2D eigenvalue weighted by Gasteiger charge is 2.39. The number of imidazole rings is 1. The second kappa shape index (κ2) is 21.4. The third kappa shape index (κ3) is 12.7. The molecule has 2 heteroatoms. The van der Waals surface area contributed by atoms with Crippen molar-refractivity contribution in [2.75, 3.05) is 0 Å². The van der Waals surface area contributed by atoms with Gasteiger partial charge in [-0.1, -0.05) is 191 Å². The zero-order valence-corrected chi connectivity index (χ0v) is 28.2. The van der Waals surface area contributed by atoms with E-state index in [9.17, 15) is 0 Å². The Morgan fingerprint density at radius 3 is 1.65 bits per heavy atom. The van der Waals surface area contributed by atoms with Crippen LogP contribution in [0.15, 0.2) is 73.1 Å². The summed E-state index contributed by atoms with van der Waals surface area (Å²) in [6.07, 6.45) is 31.4. The molecule has 0 spiro atoms. The van der Waals surface area contributed by atoms with Crippen LogP contribution in [0.2, 0.25) is 0 Å². The topological polar surface area (TPSA) is 17.8 Å². The molecule has 1 heterocycles. The second-order valence-electron chi connectivity index (χ2n) is 13.4. The Hall–Kier alpha value is -2.35. The van der Waals surface area contributed by atoms with Gasteiger partial charge in [-0.05, 0) is 30.4 Å². The Balaban J connectivity index is 1.56. The third-order valence-corrected chi connectivity index (χ3v) is 9.77. The number of hydrogen-bond donors (Lipinski definition) is 0. The molecule has 3 rings (SSSR count). The van der Waals surface area contributed by atoms with E-state index in [1.54, 1.807) is 0 Å². The molecule has 2 aromatic carbocycles. The number of hydrogen-bond acceptors (Lipinski definition) is 1. The number of nitrogens with zero attached hydrogens (tertiary/aromatic N) is 2. The smallest absolute Gasteiger partial charge is 0.112 e. The molecule has 0 radical (unpaired) electrons. The van der Waals surface area contributed by atoms with E-state index in [1.165, 1.54) is 139 Å². The van der Waals surface area contributed by atoms with Crippen molar-refractivity contribution in [1.82, 2.24) is 9.55 Å². The molecule has 238 valence electrons. The van der Waals surface area contributed by atoms with Gasteiger partial charge in [-0.2, -0.15) is 0 Å². The summed E-state index contributed by atoms with van der Waals surface area (Å²) < 4.78 is 2.51. The first kappa shape index (κ1) is 35.1. The molecule has 0 amide bonds. The SMILES string of the molecule is CCCCCCCCCCCCCCCCn1ccnc1C(CCCCCC)C(C)(Cc1ccccc1)c1ccccc1. The summed E-state index contributed by atoms with van der Waals surface area (Å²) in [5.74, 6) is 1.68. The van der Waals surface area contributed by atoms with Gasteiger partial charge in [-0.15, -0.1) is 0 Å². The van der Waals surface area contributed by atoms with Gasteiger partial charge in [-0.3, -0.25) is 0 Å². The molecule has 0 aliphatic heterocycles. The number of aromatic nitrogens is 2. The Morgan fingerprint density at radius 1 is 0.605 bits per heavy atom. The summed E-state index contributed by atoms with van der Waals surface area (Å²) in [6.45, 7) is 8.21. The normalized spacial score (nSPS) is 13.7. The third-order valence-electron chi connectivity index (χ3n) is 9.77. The molecule has 0 fully saturated rings. The first-order valence-electron chi connectivity index (χ1n) is 18.3. The van der Waals surface area contributed by atoms with Crippen molar-refractivity contribution < 1.29 is 0 Å². The summed E-state index contributed by atoms with van der Waals surface area (Å²) in [7, 11) is 0. The summed E-state index contributed by atoms with van der Waals surface area (Å²) in [5, 5.41) is 0. The van der Waals surface area contributed by atoms with Crippen molar-refractivity contribution in [3.63, 3.8) is 0 Å². The number of unbranched alkanes of at least 4 members (excludes halogenated alkanes) is 16. The Bertz CT molecular complexity index is 1060. The molecule has 2 atom stereocenters. The number of aryl methyl sites for hydroxylation is 1. The van der Waals surface area contributed by atoms with Gasteiger partial charge in [0.2, 0.25) is 0 Å². The molecule has 0 aliphatic carbocycles. The number of benzene rings is 2. The van der Waals surface area contributed by atoms with Crippen LogP contribution in [0.1, 0.15) is 166 Å². The van der Waals surface area contributed by atoms with Crippen LogP contribution in [0.4, 0.5) is 0 Å². The van der Waals surface area contributed by atoms with Gasteiger partial charge < -0.3 is 4.57 Å². The van der Waals surface area contributed by atoms with E-state index in [4.69, 9.17) is 4.98 Å². The molecule has 0 saturated carbocycles. The predicted molar refractivity (Wildman–Crippen MR) is 188 cm³/mol. The lowest BCUT2D eigenvalue weighted by Crippen LogP contribution is -2.35. The van der Waals surface area contributed by atoms with E-state index < -0.39 is 0 Å². The van der Waals surface area contributed by atoms with Gasteiger partial charge in [-0.25, -0.2) is 4.98 Å². The highest BCUT2D eigenvalue weighted by atomic mass is 15.1. The molecule has 43 heavy (non-hydrogen) atoms. The van der Waals surface area contributed by atoms with Crippen LogP contribution in [0.5, 0.6) is 0 Å². The molecule has 0 aliphatic rings. The molecule has 1 aromatic heterocycles. The zero-order chi connectivity index (χ0) is 30.4. The maximum Gasteiger partial charge on any atom is 0.112 e. The fraction of sp³-hybridized carbons (Fsp3) is 0.634. The quantitative estimate of drug-likeness (QED) is 0.0906. The molecule has 0 bridgehead atoms. The van der Waals surface area contributed by atoms with Crippen molar-refractivity contribution in [3.8, 4) is 0 Å². The lowest BCUT2D eigenvalue weighted by molar-refractivity contribution is 0.322. The second-order valence-corrected chi connectivity index (χ2v) is 13.4. The molecule has 2 unspecified atom stereocenters. The van der Waals surface area contributed by atoms with Crippen molar-refractivity contribution in [2.45, 2.75) is 167 Å². The summed E-state index contributed by atoms with van der Waals surface area (Å²) in [4.78, 5) is 5.10. The lowest BCUT2D eigenvalue weighted by atomic mass is 9.66. The van der Waals surface area contributed by atoms with Gasteiger partial charge in [0, 0.05) is 30.3 Å². The van der Waals surface area contributed by atoms with Crippen LogP contribution in [0.3, 0.4) is 0 Å². The van der Waals surface area contributed by atoms with Crippen molar-refractivity contribution in [1.29, 1.82) is 0 Å². The van der Waals surface area contributed by atoms with Gasteiger partial charge in [0.05, 0.1) is 0 Å². The van der Waals surface area contributed by atoms with Gasteiger partial charge in [0.1, 0.15) is 5.82 Å². The minimum Gasteiger partial charge on any atom is -0.335 e. The van der Waals surface area contributed by atoms with Crippen LogP contribution in [0.25, 0.3) is 0 Å². The molecule has 0 saturated heterocycles. The monoisotopic (exact) mass is 585 g/mol. The Labute approximate surface area is 266 Å². The minimum atomic E-state index is -0.0204. The fourth-order valence-corrected chi connectivity index (χ4v) is 7.07. The van der Waals surface area contributed by atoms with E-state index in [-0.39, 0.29) is 5.41 Å².